The van der Waals surface area contributed by atoms with Crippen LogP contribution < -0.4 is 0 Å². The van der Waals surface area contributed by atoms with E-state index >= 15 is 0 Å². The first-order chi connectivity index (χ1) is 4.72. The van der Waals surface area contributed by atoms with Gasteiger partial charge in [-0.25, -0.2) is 9.97 Å². The molecule has 0 saturated heterocycles. The van der Waals surface area contributed by atoms with Crippen molar-refractivity contribution in [3.05, 3.63) is 16.4 Å². The largest absolute Gasteiger partial charge is 0.388 e. The van der Waals surface area contributed by atoms with Crippen LogP contribution in [0.3, 0.4) is 0 Å². The van der Waals surface area contributed by atoms with E-state index in [4.69, 9.17) is 28.3 Å². The molecule has 0 amide bonds. The van der Waals surface area contributed by atoms with Gasteiger partial charge in [0.1, 0.15) is 6.61 Å². The molecule has 0 aliphatic heterocycles. The van der Waals surface area contributed by atoms with Crippen LogP contribution in [-0.4, -0.2) is 20.1 Å². The lowest BCUT2D eigenvalue weighted by Gasteiger charge is -1.93. The van der Waals surface area contributed by atoms with Gasteiger partial charge in [-0.2, -0.15) is 4.98 Å². The van der Waals surface area contributed by atoms with Crippen LogP contribution in [0, 0.1) is 0 Å². The van der Waals surface area contributed by atoms with Gasteiger partial charge in [0.25, 0.3) is 0 Å². The van der Waals surface area contributed by atoms with E-state index in [-0.39, 0.29) is 23.0 Å². The fourth-order valence-corrected chi connectivity index (χ4v) is 0.833. The van der Waals surface area contributed by atoms with E-state index in [2.05, 4.69) is 15.0 Å². The second kappa shape index (κ2) is 3.09. The average Bonchev–Trinajstić information content (AvgIpc) is 1.85. The van der Waals surface area contributed by atoms with E-state index in [1.807, 2.05) is 0 Å². The lowest BCUT2D eigenvalue weighted by molar-refractivity contribution is 0.271. The summed E-state index contributed by atoms with van der Waals surface area (Å²) < 4.78 is 0. The Kier molecular flexibility index (Phi) is 2.37. The zero-order valence-electron chi connectivity index (χ0n) is 4.75. The van der Waals surface area contributed by atoms with Crippen LogP contribution in [-0.2, 0) is 6.61 Å². The Morgan fingerprint density at radius 2 is 1.60 bits per heavy atom. The van der Waals surface area contributed by atoms with E-state index in [0.29, 0.717) is 0 Å². The van der Waals surface area contributed by atoms with Gasteiger partial charge in [0.05, 0.1) is 0 Å². The summed E-state index contributed by atoms with van der Waals surface area (Å²) in [7, 11) is 0. The standard InChI is InChI=1S/C4H3Cl2N3O/c5-3-7-2(1-10)8-4(6)9-3/h10H,1H2. The predicted molar refractivity (Wildman–Crippen MR) is 35.8 cm³/mol. The zero-order chi connectivity index (χ0) is 7.56. The van der Waals surface area contributed by atoms with Gasteiger partial charge in [0, 0.05) is 0 Å². The van der Waals surface area contributed by atoms with Gasteiger partial charge in [0.2, 0.25) is 10.6 Å². The maximum Gasteiger partial charge on any atom is 0.227 e. The molecule has 0 aliphatic rings. The van der Waals surface area contributed by atoms with Crippen molar-refractivity contribution in [2.24, 2.45) is 0 Å². The van der Waals surface area contributed by atoms with Crippen LogP contribution in [0.4, 0.5) is 0 Å². The van der Waals surface area contributed by atoms with Crippen molar-refractivity contribution in [2.45, 2.75) is 6.61 Å². The summed E-state index contributed by atoms with van der Waals surface area (Å²) in [6, 6.07) is 0. The van der Waals surface area contributed by atoms with Gasteiger partial charge in [-0.1, -0.05) is 0 Å². The SMILES string of the molecule is OCc1nc(Cl)nc(Cl)n1. The summed E-state index contributed by atoms with van der Waals surface area (Å²) in [6.45, 7) is -0.290. The molecule has 0 radical (unpaired) electrons. The van der Waals surface area contributed by atoms with Gasteiger partial charge >= 0.3 is 0 Å². The summed E-state index contributed by atoms with van der Waals surface area (Å²) in [6.07, 6.45) is 0. The summed E-state index contributed by atoms with van der Waals surface area (Å²) in [4.78, 5) is 10.6. The highest BCUT2D eigenvalue weighted by Gasteiger charge is 1.99. The second-order valence-electron chi connectivity index (χ2n) is 1.45. The van der Waals surface area contributed by atoms with Gasteiger partial charge in [-0.05, 0) is 23.2 Å². The molecule has 6 heteroatoms. The maximum atomic E-state index is 8.52. The maximum absolute atomic E-state index is 8.52. The lowest BCUT2D eigenvalue weighted by atomic mass is 10.7. The molecule has 1 heterocycles. The molecule has 0 aromatic carbocycles. The zero-order valence-corrected chi connectivity index (χ0v) is 6.26. The molecule has 0 atom stereocenters. The van der Waals surface area contributed by atoms with Crippen LogP contribution in [0.2, 0.25) is 10.6 Å². The molecule has 1 rings (SSSR count). The molecule has 4 nitrogen and oxygen atoms in total. The molecule has 0 saturated carbocycles. The number of halogens is 2. The molecular formula is C4H3Cl2N3O. The van der Waals surface area contributed by atoms with Gasteiger partial charge in [-0.3, -0.25) is 0 Å². The third-order valence-electron chi connectivity index (χ3n) is 0.769. The number of rotatable bonds is 1. The number of aliphatic hydroxyl groups excluding tert-OH is 1. The topological polar surface area (TPSA) is 58.9 Å². The predicted octanol–water partition coefficient (Wildman–Crippen LogP) is 0.671. The molecule has 0 bridgehead atoms. The van der Waals surface area contributed by atoms with Gasteiger partial charge in [-0.15, -0.1) is 0 Å². The molecule has 0 spiro atoms. The lowest BCUT2D eigenvalue weighted by Crippen LogP contribution is -1.97. The summed E-state index contributed by atoms with van der Waals surface area (Å²) in [5, 5.41) is 8.50. The van der Waals surface area contributed by atoms with Gasteiger partial charge in [0.15, 0.2) is 5.82 Å². The fourth-order valence-electron chi connectivity index (χ4n) is 0.435. The molecule has 10 heavy (non-hydrogen) atoms. The van der Waals surface area contributed by atoms with Crippen molar-refractivity contribution in [1.82, 2.24) is 15.0 Å². The van der Waals surface area contributed by atoms with Crippen LogP contribution in [0.5, 0.6) is 0 Å². The Bertz CT molecular complexity index is 222. The monoisotopic (exact) mass is 179 g/mol. The minimum atomic E-state index is -0.290. The molecule has 0 unspecified atom stereocenters. The molecule has 54 valence electrons. The Hall–Kier alpha value is -0.450. The number of aliphatic hydroxyl groups is 1. The molecule has 0 aliphatic carbocycles. The van der Waals surface area contributed by atoms with E-state index in [1.54, 1.807) is 0 Å². The van der Waals surface area contributed by atoms with Crippen molar-refractivity contribution < 1.29 is 5.11 Å². The Morgan fingerprint density at radius 1 is 1.10 bits per heavy atom. The third kappa shape index (κ3) is 1.76. The van der Waals surface area contributed by atoms with Crippen molar-refractivity contribution in [3.8, 4) is 0 Å². The van der Waals surface area contributed by atoms with E-state index in [9.17, 15) is 0 Å². The number of aromatic nitrogens is 3. The summed E-state index contributed by atoms with van der Waals surface area (Å²) >= 11 is 10.7. The fraction of sp³-hybridized carbons (Fsp3) is 0.250. The van der Waals surface area contributed by atoms with Crippen molar-refractivity contribution in [1.29, 1.82) is 0 Å². The van der Waals surface area contributed by atoms with Crippen LogP contribution >= 0.6 is 23.2 Å². The number of hydrogen-bond acceptors (Lipinski definition) is 4. The van der Waals surface area contributed by atoms with Crippen molar-refractivity contribution in [2.75, 3.05) is 0 Å². The van der Waals surface area contributed by atoms with Crippen LogP contribution in [0.25, 0.3) is 0 Å². The van der Waals surface area contributed by atoms with Crippen molar-refractivity contribution >= 4 is 23.2 Å². The molecule has 1 aromatic heterocycles. The normalized spacial score (nSPS) is 9.90. The van der Waals surface area contributed by atoms with Crippen molar-refractivity contribution in [3.63, 3.8) is 0 Å². The van der Waals surface area contributed by atoms with Crippen LogP contribution in [0.1, 0.15) is 5.82 Å². The second-order valence-corrected chi connectivity index (χ2v) is 2.12. The molecule has 0 fully saturated rings. The first kappa shape index (κ1) is 7.65. The smallest absolute Gasteiger partial charge is 0.227 e. The average molecular weight is 180 g/mol. The first-order valence-corrected chi connectivity index (χ1v) is 3.15. The molecule has 1 aromatic rings. The quantitative estimate of drug-likeness (QED) is 0.689. The minimum Gasteiger partial charge on any atom is -0.388 e. The van der Waals surface area contributed by atoms with E-state index < -0.39 is 0 Å². The Balaban J connectivity index is 3.06. The number of nitrogens with zero attached hydrogens (tertiary/aromatic N) is 3. The van der Waals surface area contributed by atoms with E-state index in [0.717, 1.165) is 0 Å². The summed E-state index contributed by atoms with van der Waals surface area (Å²) in [5.74, 6) is 0.171. The molecular weight excluding hydrogens is 177 g/mol. The van der Waals surface area contributed by atoms with Crippen LogP contribution in [0.15, 0.2) is 0 Å². The first-order valence-electron chi connectivity index (χ1n) is 2.39. The highest BCUT2D eigenvalue weighted by molar-refractivity contribution is 6.30. The minimum absolute atomic E-state index is 0.0101. The van der Waals surface area contributed by atoms with Gasteiger partial charge < -0.3 is 5.11 Å². The highest BCUT2D eigenvalue weighted by Crippen LogP contribution is 2.05. The number of hydrogen-bond donors (Lipinski definition) is 1. The third-order valence-corrected chi connectivity index (χ3v) is 1.11. The Morgan fingerprint density at radius 3 is 2.00 bits per heavy atom. The molecule has 1 N–H and O–H groups in total. The van der Waals surface area contributed by atoms with E-state index in [1.165, 1.54) is 0 Å². The Labute approximate surface area is 66.9 Å². The summed E-state index contributed by atoms with van der Waals surface area (Å²) in [5.41, 5.74) is 0. The highest BCUT2D eigenvalue weighted by atomic mass is 35.5.